The molecule has 2 aromatic rings. The van der Waals surface area contributed by atoms with E-state index in [0.29, 0.717) is 12.0 Å². The first kappa shape index (κ1) is 12.9. The first-order valence-corrected chi connectivity index (χ1v) is 8.05. The van der Waals surface area contributed by atoms with Gasteiger partial charge in [-0.2, -0.15) is 15.1 Å². The van der Waals surface area contributed by atoms with Gasteiger partial charge in [-0.15, -0.1) is 0 Å². The standard InChI is InChI=1S/C15H22N6/c1-2-5-16-15-19-13(11-8-17-21-14(11)20-15)18-12-7-9-3-4-10(12)6-9/h8-10,12H,2-7H2,1H3,(H3,16,17,18,19,20,21). The van der Waals surface area contributed by atoms with Crippen LogP contribution in [0.25, 0.3) is 11.0 Å². The fourth-order valence-electron chi connectivity index (χ4n) is 3.86. The smallest absolute Gasteiger partial charge is 0.226 e. The number of nitrogens with zero attached hydrogens (tertiary/aromatic N) is 3. The Bertz CT molecular complexity index is 636. The molecule has 6 heteroatoms. The summed E-state index contributed by atoms with van der Waals surface area (Å²) in [7, 11) is 0. The van der Waals surface area contributed by atoms with Crippen LogP contribution in [0.2, 0.25) is 0 Å². The Labute approximate surface area is 124 Å². The predicted molar refractivity (Wildman–Crippen MR) is 83.3 cm³/mol. The molecule has 2 aromatic heterocycles. The van der Waals surface area contributed by atoms with Crippen molar-refractivity contribution in [3.05, 3.63) is 6.20 Å². The third-order valence-corrected chi connectivity index (χ3v) is 4.90. The van der Waals surface area contributed by atoms with Crippen LogP contribution in [0.1, 0.15) is 39.0 Å². The average molecular weight is 286 g/mol. The molecule has 0 amide bonds. The number of H-pyrrole nitrogens is 1. The van der Waals surface area contributed by atoms with Crippen LogP contribution in [0.3, 0.4) is 0 Å². The van der Waals surface area contributed by atoms with Crippen molar-refractivity contribution in [2.75, 3.05) is 17.2 Å². The van der Waals surface area contributed by atoms with Gasteiger partial charge in [0.2, 0.25) is 5.95 Å². The largest absolute Gasteiger partial charge is 0.366 e. The van der Waals surface area contributed by atoms with Gasteiger partial charge in [-0.3, -0.25) is 5.10 Å². The normalized spacial score (nSPS) is 27.4. The molecule has 0 aliphatic heterocycles. The number of anilines is 2. The van der Waals surface area contributed by atoms with Crippen molar-refractivity contribution in [2.24, 2.45) is 11.8 Å². The molecule has 2 aliphatic carbocycles. The van der Waals surface area contributed by atoms with Gasteiger partial charge in [0.1, 0.15) is 5.82 Å². The summed E-state index contributed by atoms with van der Waals surface area (Å²) in [6.07, 6.45) is 8.32. The third-order valence-electron chi connectivity index (χ3n) is 4.90. The second kappa shape index (κ2) is 5.16. The van der Waals surface area contributed by atoms with Crippen LogP contribution in [0.5, 0.6) is 0 Å². The van der Waals surface area contributed by atoms with Crippen LogP contribution >= 0.6 is 0 Å². The fourth-order valence-corrected chi connectivity index (χ4v) is 3.86. The quantitative estimate of drug-likeness (QED) is 0.787. The summed E-state index contributed by atoms with van der Waals surface area (Å²) in [6, 6.07) is 0.566. The Kier molecular flexibility index (Phi) is 3.16. The molecule has 2 heterocycles. The second-order valence-corrected chi connectivity index (χ2v) is 6.38. The van der Waals surface area contributed by atoms with E-state index in [-0.39, 0.29) is 0 Å². The minimum Gasteiger partial charge on any atom is -0.366 e. The van der Waals surface area contributed by atoms with Gasteiger partial charge in [0, 0.05) is 12.6 Å². The van der Waals surface area contributed by atoms with Gasteiger partial charge in [-0.1, -0.05) is 13.3 Å². The van der Waals surface area contributed by atoms with Gasteiger partial charge in [0.05, 0.1) is 11.6 Å². The molecule has 0 saturated heterocycles. The SMILES string of the molecule is CCCNc1nc(NC2CC3CCC2C3)c2cn[nH]c2n1. The van der Waals surface area contributed by atoms with Crippen LogP contribution in [0.4, 0.5) is 11.8 Å². The van der Waals surface area contributed by atoms with Crippen LogP contribution in [0, 0.1) is 11.8 Å². The van der Waals surface area contributed by atoms with E-state index in [1.807, 2.05) is 6.20 Å². The highest BCUT2D eigenvalue weighted by Gasteiger charge is 2.39. The van der Waals surface area contributed by atoms with Gasteiger partial charge < -0.3 is 10.6 Å². The molecular formula is C15H22N6. The molecular weight excluding hydrogens is 264 g/mol. The summed E-state index contributed by atoms with van der Waals surface area (Å²) in [5, 5.41) is 15.0. The zero-order valence-corrected chi connectivity index (χ0v) is 12.4. The molecule has 6 nitrogen and oxygen atoms in total. The maximum atomic E-state index is 4.66. The molecule has 4 rings (SSSR count). The molecule has 21 heavy (non-hydrogen) atoms. The van der Waals surface area contributed by atoms with Crippen LogP contribution in [-0.4, -0.2) is 32.8 Å². The Morgan fingerprint density at radius 3 is 3.00 bits per heavy atom. The summed E-state index contributed by atoms with van der Waals surface area (Å²) in [4.78, 5) is 9.14. The van der Waals surface area contributed by atoms with Crippen molar-refractivity contribution in [3.8, 4) is 0 Å². The Morgan fingerprint density at radius 1 is 1.29 bits per heavy atom. The minimum absolute atomic E-state index is 0.566. The van der Waals surface area contributed by atoms with E-state index in [2.05, 4.69) is 37.7 Å². The highest BCUT2D eigenvalue weighted by atomic mass is 15.2. The summed E-state index contributed by atoms with van der Waals surface area (Å²) < 4.78 is 0. The van der Waals surface area contributed by atoms with E-state index in [4.69, 9.17) is 0 Å². The van der Waals surface area contributed by atoms with Crippen molar-refractivity contribution in [1.82, 2.24) is 20.2 Å². The highest BCUT2D eigenvalue weighted by Crippen LogP contribution is 2.45. The summed E-state index contributed by atoms with van der Waals surface area (Å²) in [5.41, 5.74) is 0.800. The lowest BCUT2D eigenvalue weighted by molar-refractivity contribution is 0.439. The van der Waals surface area contributed by atoms with Gasteiger partial charge in [-0.25, -0.2) is 0 Å². The van der Waals surface area contributed by atoms with E-state index in [1.165, 1.54) is 25.7 Å². The third kappa shape index (κ3) is 2.32. The van der Waals surface area contributed by atoms with Crippen molar-refractivity contribution >= 4 is 22.8 Å². The summed E-state index contributed by atoms with van der Waals surface area (Å²) in [5.74, 6) is 3.34. The van der Waals surface area contributed by atoms with Gasteiger partial charge in [0.15, 0.2) is 5.65 Å². The zero-order valence-electron chi connectivity index (χ0n) is 12.4. The van der Waals surface area contributed by atoms with Gasteiger partial charge >= 0.3 is 0 Å². The number of hydrogen-bond acceptors (Lipinski definition) is 5. The maximum absolute atomic E-state index is 4.66. The van der Waals surface area contributed by atoms with E-state index < -0.39 is 0 Å². The van der Waals surface area contributed by atoms with Crippen LogP contribution in [0.15, 0.2) is 6.20 Å². The molecule has 2 saturated carbocycles. The molecule has 3 atom stereocenters. The first-order valence-electron chi connectivity index (χ1n) is 8.05. The van der Waals surface area contributed by atoms with Gasteiger partial charge in [0.25, 0.3) is 0 Å². The van der Waals surface area contributed by atoms with Crippen molar-refractivity contribution in [1.29, 1.82) is 0 Å². The average Bonchev–Trinajstić information content (AvgIpc) is 3.20. The van der Waals surface area contributed by atoms with Crippen molar-refractivity contribution < 1.29 is 0 Å². The highest BCUT2D eigenvalue weighted by molar-refractivity contribution is 5.87. The van der Waals surface area contributed by atoms with E-state index in [1.54, 1.807) is 0 Å². The monoisotopic (exact) mass is 286 g/mol. The number of rotatable bonds is 5. The Hall–Kier alpha value is -1.85. The minimum atomic E-state index is 0.566. The van der Waals surface area contributed by atoms with E-state index in [9.17, 15) is 0 Å². The Balaban J connectivity index is 1.61. The molecule has 0 spiro atoms. The van der Waals surface area contributed by atoms with E-state index in [0.717, 1.165) is 41.7 Å². The molecule has 3 N–H and O–H groups in total. The molecule has 3 unspecified atom stereocenters. The van der Waals surface area contributed by atoms with E-state index >= 15 is 0 Å². The van der Waals surface area contributed by atoms with Crippen LogP contribution in [-0.2, 0) is 0 Å². The number of aromatic amines is 1. The molecule has 112 valence electrons. The molecule has 2 bridgehead atoms. The molecule has 0 radical (unpaired) electrons. The number of hydrogen-bond donors (Lipinski definition) is 3. The maximum Gasteiger partial charge on any atom is 0.226 e. The van der Waals surface area contributed by atoms with Gasteiger partial charge in [-0.05, 0) is 37.5 Å². The fraction of sp³-hybridized carbons (Fsp3) is 0.667. The van der Waals surface area contributed by atoms with Crippen molar-refractivity contribution in [3.63, 3.8) is 0 Å². The van der Waals surface area contributed by atoms with Crippen molar-refractivity contribution in [2.45, 2.75) is 45.1 Å². The van der Waals surface area contributed by atoms with Crippen LogP contribution < -0.4 is 10.6 Å². The first-order chi connectivity index (χ1) is 10.3. The topological polar surface area (TPSA) is 78.5 Å². The molecule has 2 fully saturated rings. The Morgan fingerprint density at radius 2 is 2.24 bits per heavy atom. The lowest BCUT2D eigenvalue weighted by atomic mass is 9.95. The lowest BCUT2D eigenvalue weighted by Crippen LogP contribution is -2.26. The number of nitrogens with one attached hydrogen (secondary N) is 3. The number of fused-ring (bicyclic) bond motifs is 3. The molecule has 0 aromatic carbocycles. The second-order valence-electron chi connectivity index (χ2n) is 6.38. The predicted octanol–water partition coefficient (Wildman–Crippen LogP) is 2.78. The zero-order chi connectivity index (χ0) is 14.2. The molecule has 2 aliphatic rings. The summed E-state index contributed by atoms with van der Waals surface area (Å²) in [6.45, 7) is 3.02. The number of aromatic nitrogens is 4. The lowest BCUT2D eigenvalue weighted by Gasteiger charge is -2.23. The summed E-state index contributed by atoms with van der Waals surface area (Å²) >= 11 is 0.